The van der Waals surface area contributed by atoms with Gasteiger partial charge in [-0.1, -0.05) is 0 Å². The number of nitrogen functional groups attached to an aromatic ring is 1. The Balaban J connectivity index is 2.18. The quantitative estimate of drug-likeness (QED) is 0.852. The van der Waals surface area contributed by atoms with E-state index in [0.717, 1.165) is 12.1 Å². The molecule has 0 spiro atoms. The van der Waals surface area contributed by atoms with Crippen molar-refractivity contribution >= 4 is 17.3 Å². The van der Waals surface area contributed by atoms with E-state index >= 15 is 0 Å². The molecule has 1 saturated heterocycles. The van der Waals surface area contributed by atoms with E-state index in [0.29, 0.717) is 17.9 Å². The van der Waals surface area contributed by atoms with Crippen LogP contribution in [0.15, 0.2) is 18.2 Å². The van der Waals surface area contributed by atoms with E-state index in [1.807, 2.05) is 45.1 Å². The molecule has 20 heavy (non-hydrogen) atoms. The summed E-state index contributed by atoms with van der Waals surface area (Å²) in [6.45, 7) is 2.72. The molecular weight excluding hydrogens is 254 g/mol. The molecule has 0 aliphatic carbocycles. The van der Waals surface area contributed by atoms with Gasteiger partial charge in [-0.25, -0.2) is 0 Å². The van der Waals surface area contributed by atoms with Crippen molar-refractivity contribution in [2.24, 2.45) is 0 Å². The van der Waals surface area contributed by atoms with Gasteiger partial charge in [0.05, 0.1) is 23.5 Å². The zero-order valence-electron chi connectivity index (χ0n) is 12.6. The van der Waals surface area contributed by atoms with Gasteiger partial charge in [0, 0.05) is 33.3 Å². The second-order valence-electron chi connectivity index (χ2n) is 5.52. The number of carbonyl (C=O) groups is 1. The van der Waals surface area contributed by atoms with Crippen molar-refractivity contribution in [1.82, 2.24) is 4.90 Å². The minimum absolute atomic E-state index is 0.00986. The monoisotopic (exact) mass is 277 g/mol. The highest BCUT2D eigenvalue weighted by Gasteiger charge is 2.31. The summed E-state index contributed by atoms with van der Waals surface area (Å²) >= 11 is 0. The summed E-state index contributed by atoms with van der Waals surface area (Å²) in [6, 6.07) is 5.59. The van der Waals surface area contributed by atoms with Crippen LogP contribution in [0.3, 0.4) is 0 Å². The van der Waals surface area contributed by atoms with Gasteiger partial charge in [-0.3, -0.25) is 4.79 Å². The topological polar surface area (TPSA) is 58.8 Å². The number of ether oxygens (including phenoxy) is 1. The molecule has 5 heteroatoms. The molecule has 1 aromatic rings. The SMILES string of the molecule is CC1OCCC1N(C)C(=O)c1ccc(N(C)C)c(N)c1. The normalized spacial score (nSPS) is 21.8. The van der Waals surface area contributed by atoms with Crippen molar-refractivity contribution < 1.29 is 9.53 Å². The second kappa shape index (κ2) is 5.71. The average Bonchev–Trinajstić information content (AvgIpc) is 2.82. The standard InChI is InChI=1S/C15H23N3O2/c1-10-13(7-8-20-10)18(4)15(19)11-5-6-14(17(2)3)12(16)9-11/h5-6,9-10,13H,7-8,16H2,1-4H3. The van der Waals surface area contributed by atoms with Gasteiger partial charge < -0.3 is 20.3 Å². The number of hydrogen-bond acceptors (Lipinski definition) is 4. The van der Waals surface area contributed by atoms with Crippen molar-refractivity contribution in [3.63, 3.8) is 0 Å². The number of anilines is 2. The predicted octanol–water partition coefficient (Wildman–Crippen LogP) is 1.58. The first-order chi connectivity index (χ1) is 9.41. The molecule has 110 valence electrons. The number of nitrogens with zero attached hydrogens (tertiary/aromatic N) is 2. The van der Waals surface area contributed by atoms with Crippen molar-refractivity contribution in [2.45, 2.75) is 25.5 Å². The third-order valence-corrected chi connectivity index (χ3v) is 3.91. The fraction of sp³-hybridized carbons (Fsp3) is 0.533. The molecule has 1 amide bonds. The van der Waals surface area contributed by atoms with Gasteiger partial charge in [0.2, 0.25) is 0 Å². The van der Waals surface area contributed by atoms with Crippen LogP contribution in [0.4, 0.5) is 11.4 Å². The molecule has 0 saturated carbocycles. The zero-order chi connectivity index (χ0) is 14.9. The van der Waals surface area contributed by atoms with Crippen LogP contribution >= 0.6 is 0 Å². The molecule has 2 rings (SSSR count). The third-order valence-electron chi connectivity index (χ3n) is 3.91. The maximum Gasteiger partial charge on any atom is 0.254 e. The van der Waals surface area contributed by atoms with E-state index in [1.165, 1.54) is 0 Å². The number of hydrogen-bond donors (Lipinski definition) is 1. The number of carbonyl (C=O) groups excluding carboxylic acids is 1. The summed E-state index contributed by atoms with van der Waals surface area (Å²) in [5.41, 5.74) is 8.16. The third kappa shape index (κ3) is 2.72. The Kier molecular flexibility index (Phi) is 4.18. The van der Waals surface area contributed by atoms with E-state index in [1.54, 1.807) is 11.0 Å². The molecule has 1 aromatic carbocycles. The Morgan fingerprint density at radius 1 is 1.35 bits per heavy atom. The Bertz CT molecular complexity index is 502. The van der Waals surface area contributed by atoms with Crippen LogP contribution in [0.25, 0.3) is 0 Å². The summed E-state index contributed by atoms with van der Waals surface area (Å²) < 4.78 is 5.52. The molecule has 2 N–H and O–H groups in total. The van der Waals surface area contributed by atoms with Gasteiger partial charge in [-0.05, 0) is 31.5 Å². The Hall–Kier alpha value is -1.75. The van der Waals surface area contributed by atoms with Crippen LogP contribution in [0.1, 0.15) is 23.7 Å². The van der Waals surface area contributed by atoms with E-state index in [2.05, 4.69) is 0 Å². The van der Waals surface area contributed by atoms with Gasteiger partial charge in [-0.2, -0.15) is 0 Å². The Labute approximate surface area is 120 Å². The van der Waals surface area contributed by atoms with Crippen LogP contribution in [-0.2, 0) is 4.74 Å². The summed E-state index contributed by atoms with van der Waals surface area (Å²) in [4.78, 5) is 16.2. The minimum atomic E-state index is -0.00986. The smallest absolute Gasteiger partial charge is 0.254 e. The van der Waals surface area contributed by atoms with Gasteiger partial charge in [0.1, 0.15) is 0 Å². The minimum Gasteiger partial charge on any atom is -0.397 e. The molecule has 0 aromatic heterocycles. The zero-order valence-corrected chi connectivity index (χ0v) is 12.6. The van der Waals surface area contributed by atoms with Crippen LogP contribution < -0.4 is 10.6 Å². The highest BCUT2D eigenvalue weighted by Crippen LogP contribution is 2.25. The van der Waals surface area contributed by atoms with Gasteiger partial charge in [0.15, 0.2) is 0 Å². The molecule has 0 radical (unpaired) electrons. The van der Waals surface area contributed by atoms with Crippen molar-refractivity contribution in [3.05, 3.63) is 23.8 Å². The van der Waals surface area contributed by atoms with E-state index in [4.69, 9.17) is 10.5 Å². The molecule has 5 nitrogen and oxygen atoms in total. The number of benzene rings is 1. The van der Waals surface area contributed by atoms with E-state index < -0.39 is 0 Å². The van der Waals surface area contributed by atoms with Crippen molar-refractivity contribution in [2.75, 3.05) is 38.4 Å². The van der Waals surface area contributed by atoms with Gasteiger partial charge in [0.25, 0.3) is 5.91 Å². The predicted molar refractivity (Wildman–Crippen MR) is 81.1 cm³/mol. The fourth-order valence-electron chi connectivity index (χ4n) is 2.68. The van der Waals surface area contributed by atoms with Crippen molar-refractivity contribution in [1.29, 1.82) is 0 Å². The highest BCUT2D eigenvalue weighted by molar-refractivity contribution is 5.96. The first kappa shape index (κ1) is 14.7. The molecule has 1 aliphatic heterocycles. The highest BCUT2D eigenvalue weighted by atomic mass is 16.5. The Morgan fingerprint density at radius 3 is 2.55 bits per heavy atom. The van der Waals surface area contributed by atoms with Gasteiger partial charge >= 0.3 is 0 Å². The summed E-state index contributed by atoms with van der Waals surface area (Å²) in [5, 5.41) is 0. The Morgan fingerprint density at radius 2 is 2.05 bits per heavy atom. The van der Waals surface area contributed by atoms with E-state index in [9.17, 15) is 4.79 Å². The lowest BCUT2D eigenvalue weighted by molar-refractivity contribution is 0.0574. The summed E-state index contributed by atoms with van der Waals surface area (Å²) in [6.07, 6.45) is 0.969. The molecule has 1 fully saturated rings. The fourth-order valence-corrected chi connectivity index (χ4v) is 2.68. The second-order valence-corrected chi connectivity index (χ2v) is 5.52. The molecule has 0 bridgehead atoms. The maximum absolute atomic E-state index is 12.5. The molecule has 1 aliphatic rings. The van der Waals surface area contributed by atoms with E-state index in [-0.39, 0.29) is 18.1 Å². The first-order valence-electron chi connectivity index (χ1n) is 6.87. The number of nitrogens with two attached hydrogens (primary N) is 1. The van der Waals surface area contributed by atoms with Crippen LogP contribution in [0.5, 0.6) is 0 Å². The molecule has 2 atom stereocenters. The summed E-state index contributed by atoms with van der Waals surface area (Å²) in [7, 11) is 5.68. The molecule has 1 heterocycles. The average molecular weight is 277 g/mol. The molecular formula is C15H23N3O2. The van der Waals surface area contributed by atoms with Crippen LogP contribution in [0.2, 0.25) is 0 Å². The van der Waals surface area contributed by atoms with Gasteiger partial charge in [-0.15, -0.1) is 0 Å². The van der Waals surface area contributed by atoms with Crippen molar-refractivity contribution in [3.8, 4) is 0 Å². The molecule has 2 unspecified atom stereocenters. The number of rotatable bonds is 3. The first-order valence-corrected chi connectivity index (χ1v) is 6.87. The number of amides is 1. The lowest BCUT2D eigenvalue weighted by Gasteiger charge is -2.27. The lowest BCUT2D eigenvalue weighted by atomic mass is 10.1. The lowest BCUT2D eigenvalue weighted by Crippen LogP contribution is -2.41. The van der Waals surface area contributed by atoms with Crippen LogP contribution in [0, 0.1) is 0 Å². The summed E-state index contributed by atoms with van der Waals surface area (Å²) in [5.74, 6) is -0.00986. The van der Waals surface area contributed by atoms with Crippen LogP contribution in [-0.4, -0.2) is 50.7 Å². The largest absolute Gasteiger partial charge is 0.397 e. The number of likely N-dealkylation sites (N-methyl/N-ethyl adjacent to an activating group) is 1. The maximum atomic E-state index is 12.5.